The van der Waals surface area contributed by atoms with E-state index in [-0.39, 0.29) is 6.04 Å². The van der Waals surface area contributed by atoms with Crippen LogP contribution in [0.25, 0.3) is 0 Å². The van der Waals surface area contributed by atoms with Gasteiger partial charge in [-0.2, -0.15) is 5.10 Å². The summed E-state index contributed by atoms with van der Waals surface area (Å²) < 4.78 is 0. The molecule has 1 atom stereocenters. The fourth-order valence-corrected chi connectivity index (χ4v) is 1.30. The van der Waals surface area contributed by atoms with Gasteiger partial charge in [-0.15, -0.1) is 5.10 Å². The highest BCUT2D eigenvalue weighted by Crippen LogP contribution is 2.05. The third kappa shape index (κ3) is 3.43. The Balaban J connectivity index is 2.66. The van der Waals surface area contributed by atoms with Gasteiger partial charge in [0, 0.05) is 12.6 Å². The van der Waals surface area contributed by atoms with E-state index in [1.54, 1.807) is 0 Å². The largest absolute Gasteiger partial charge is 0.349 e. The zero-order chi connectivity index (χ0) is 11.3. The first-order chi connectivity index (χ1) is 7.17. The molecular weight excluding hydrogens is 190 g/mol. The normalized spacial score (nSPS) is 12.5. The number of hydrogen-bond acceptors (Lipinski definition) is 5. The summed E-state index contributed by atoms with van der Waals surface area (Å²) in [4.78, 5) is 4.30. The van der Waals surface area contributed by atoms with E-state index in [1.807, 2.05) is 13.8 Å². The maximum Gasteiger partial charge on any atom is 0.243 e. The van der Waals surface area contributed by atoms with Gasteiger partial charge in [-0.3, -0.25) is 0 Å². The predicted molar refractivity (Wildman–Crippen MR) is 60.7 cm³/mol. The van der Waals surface area contributed by atoms with Crippen molar-refractivity contribution >= 4 is 5.95 Å². The molecule has 0 spiro atoms. The lowest BCUT2D eigenvalue weighted by Crippen LogP contribution is -2.29. The highest BCUT2D eigenvalue weighted by Gasteiger charge is 2.08. The zero-order valence-corrected chi connectivity index (χ0v) is 9.62. The number of nitrogens with two attached hydrogens (primary N) is 1. The molecule has 0 radical (unpaired) electrons. The summed E-state index contributed by atoms with van der Waals surface area (Å²) in [6, 6.07) is 0.235. The van der Waals surface area contributed by atoms with Crippen molar-refractivity contribution in [1.29, 1.82) is 0 Å². The van der Waals surface area contributed by atoms with Crippen LogP contribution in [0.3, 0.4) is 0 Å². The van der Waals surface area contributed by atoms with Crippen LogP contribution in [-0.2, 0) is 0 Å². The molecule has 1 rings (SSSR count). The summed E-state index contributed by atoms with van der Waals surface area (Å²) in [5.41, 5.74) is 7.40. The van der Waals surface area contributed by atoms with Crippen molar-refractivity contribution in [3.8, 4) is 0 Å². The van der Waals surface area contributed by atoms with Gasteiger partial charge in [0.25, 0.3) is 0 Å². The summed E-state index contributed by atoms with van der Waals surface area (Å²) in [5.74, 6) is 0.571. The van der Waals surface area contributed by atoms with Crippen molar-refractivity contribution < 1.29 is 0 Å². The lowest BCUT2D eigenvalue weighted by Gasteiger charge is -2.15. The van der Waals surface area contributed by atoms with Crippen LogP contribution in [0.5, 0.6) is 0 Å². The Morgan fingerprint density at radius 1 is 1.27 bits per heavy atom. The smallest absolute Gasteiger partial charge is 0.243 e. The van der Waals surface area contributed by atoms with Crippen molar-refractivity contribution in [2.45, 2.75) is 39.7 Å². The van der Waals surface area contributed by atoms with Gasteiger partial charge in [0.2, 0.25) is 5.95 Å². The predicted octanol–water partition coefficient (Wildman–Crippen LogP) is 1.03. The Morgan fingerprint density at radius 2 is 2.00 bits per heavy atom. The fourth-order valence-electron chi connectivity index (χ4n) is 1.30. The quantitative estimate of drug-likeness (QED) is 0.757. The average Bonchev–Trinajstić information content (AvgIpc) is 2.23. The summed E-state index contributed by atoms with van der Waals surface area (Å²) in [6.07, 6.45) is 2.11. The molecule has 1 aromatic heterocycles. The molecule has 15 heavy (non-hydrogen) atoms. The van der Waals surface area contributed by atoms with E-state index < -0.39 is 0 Å². The first kappa shape index (κ1) is 11.8. The minimum absolute atomic E-state index is 0.235. The van der Waals surface area contributed by atoms with Crippen LogP contribution in [0.4, 0.5) is 5.95 Å². The molecule has 1 unspecified atom stereocenters. The third-order valence-electron chi connectivity index (χ3n) is 2.35. The Bertz CT molecular complexity index is 313. The maximum absolute atomic E-state index is 5.64. The Hall–Kier alpha value is -1.23. The van der Waals surface area contributed by atoms with E-state index in [1.165, 1.54) is 0 Å². The molecule has 0 saturated carbocycles. The molecule has 0 bridgehead atoms. The van der Waals surface area contributed by atoms with Gasteiger partial charge in [-0.25, -0.2) is 4.98 Å². The van der Waals surface area contributed by atoms with Crippen LogP contribution < -0.4 is 11.1 Å². The van der Waals surface area contributed by atoms with Crippen LogP contribution in [0, 0.1) is 13.8 Å². The number of anilines is 1. The van der Waals surface area contributed by atoms with Gasteiger partial charge >= 0.3 is 0 Å². The summed E-state index contributed by atoms with van der Waals surface area (Å²) in [7, 11) is 0. The average molecular weight is 209 g/mol. The van der Waals surface area contributed by atoms with Gasteiger partial charge < -0.3 is 11.1 Å². The SMILES string of the molecule is CCCC(CN)Nc1nnc(C)c(C)n1. The summed E-state index contributed by atoms with van der Waals surface area (Å²) in [6.45, 7) is 6.53. The van der Waals surface area contributed by atoms with Crippen LogP contribution >= 0.6 is 0 Å². The minimum atomic E-state index is 0.235. The Labute approximate surface area is 90.5 Å². The second kappa shape index (κ2) is 5.60. The molecule has 0 aliphatic carbocycles. The summed E-state index contributed by atoms with van der Waals surface area (Å²) in [5, 5.41) is 11.2. The number of nitrogens with zero attached hydrogens (tertiary/aromatic N) is 3. The molecule has 5 nitrogen and oxygen atoms in total. The molecule has 0 saturated heterocycles. The number of hydrogen-bond donors (Lipinski definition) is 2. The first-order valence-corrected chi connectivity index (χ1v) is 5.31. The Kier molecular flexibility index (Phi) is 4.42. The lowest BCUT2D eigenvalue weighted by molar-refractivity contribution is 0.639. The van der Waals surface area contributed by atoms with E-state index in [0.29, 0.717) is 12.5 Å². The monoisotopic (exact) mass is 209 g/mol. The van der Waals surface area contributed by atoms with Gasteiger partial charge in [-0.1, -0.05) is 13.3 Å². The topological polar surface area (TPSA) is 76.7 Å². The number of nitrogens with one attached hydrogen (secondary N) is 1. The Morgan fingerprint density at radius 3 is 2.53 bits per heavy atom. The molecule has 0 amide bonds. The van der Waals surface area contributed by atoms with Crippen LogP contribution in [0.2, 0.25) is 0 Å². The maximum atomic E-state index is 5.64. The second-order valence-corrected chi connectivity index (χ2v) is 3.67. The van der Waals surface area contributed by atoms with Crippen LogP contribution in [0.15, 0.2) is 0 Å². The van der Waals surface area contributed by atoms with Crippen LogP contribution in [-0.4, -0.2) is 27.8 Å². The van der Waals surface area contributed by atoms with E-state index in [9.17, 15) is 0 Å². The standard InChI is InChI=1S/C10H19N5/c1-4-5-9(6-11)13-10-12-7(2)8(3)14-15-10/h9H,4-6,11H2,1-3H3,(H,12,13,15). The highest BCUT2D eigenvalue weighted by atomic mass is 15.2. The molecule has 0 aliphatic rings. The molecule has 1 heterocycles. The van der Waals surface area contributed by atoms with Crippen molar-refractivity contribution in [2.24, 2.45) is 5.73 Å². The molecule has 5 heteroatoms. The van der Waals surface area contributed by atoms with Crippen molar-refractivity contribution in [3.05, 3.63) is 11.4 Å². The van der Waals surface area contributed by atoms with Crippen molar-refractivity contribution in [2.75, 3.05) is 11.9 Å². The van der Waals surface area contributed by atoms with E-state index in [0.717, 1.165) is 24.2 Å². The van der Waals surface area contributed by atoms with Gasteiger partial charge in [0.1, 0.15) is 0 Å². The number of aryl methyl sites for hydroxylation is 2. The molecule has 0 aromatic carbocycles. The molecule has 0 fully saturated rings. The second-order valence-electron chi connectivity index (χ2n) is 3.67. The number of rotatable bonds is 5. The molecule has 0 aliphatic heterocycles. The molecule has 1 aromatic rings. The fraction of sp³-hybridized carbons (Fsp3) is 0.700. The van der Waals surface area contributed by atoms with E-state index in [2.05, 4.69) is 27.4 Å². The van der Waals surface area contributed by atoms with Gasteiger partial charge in [0.05, 0.1) is 11.4 Å². The minimum Gasteiger partial charge on any atom is -0.349 e. The molecular formula is C10H19N5. The third-order valence-corrected chi connectivity index (χ3v) is 2.35. The molecule has 3 N–H and O–H groups in total. The van der Waals surface area contributed by atoms with Gasteiger partial charge in [-0.05, 0) is 20.3 Å². The zero-order valence-electron chi connectivity index (χ0n) is 9.62. The lowest BCUT2D eigenvalue weighted by atomic mass is 10.2. The summed E-state index contributed by atoms with van der Waals surface area (Å²) >= 11 is 0. The van der Waals surface area contributed by atoms with Crippen molar-refractivity contribution in [3.63, 3.8) is 0 Å². The van der Waals surface area contributed by atoms with Crippen LogP contribution in [0.1, 0.15) is 31.2 Å². The molecule has 84 valence electrons. The van der Waals surface area contributed by atoms with E-state index in [4.69, 9.17) is 5.73 Å². The van der Waals surface area contributed by atoms with Gasteiger partial charge in [0.15, 0.2) is 0 Å². The first-order valence-electron chi connectivity index (χ1n) is 5.31. The highest BCUT2D eigenvalue weighted by molar-refractivity contribution is 5.26. The van der Waals surface area contributed by atoms with Crippen molar-refractivity contribution in [1.82, 2.24) is 15.2 Å². The van der Waals surface area contributed by atoms with E-state index >= 15 is 0 Å². The number of aromatic nitrogens is 3.